The second-order valence-electron chi connectivity index (χ2n) is 9.25. The highest BCUT2D eigenvalue weighted by atomic mass is 16.6. The lowest BCUT2D eigenvalue weighted by atomic mass is 9.97. The Morgan fingerprint density at radius 2 is 1.91 bits per heavy atom. The number of fused-ring (bicyclic) bond motifs is 2. The number of carbonyl (C=O) groups excluding carboxylic acids is 2. The van der Waals surface area contributed by atoms with Crippen LogP contribution in [0.1, 0.15) is 86.8 Å². The second kappa shape index (κ2) is 7.99. The van der Waals surface area contributed by atoms with Gasteiger partial charge in [0.05, 0.1) is 17.8 Å². The number of benzene rings is 1. The first-order chi connectivity index (χ1) is 15.5. The van der Waals surface area contributed by atoms with Gasteiger partial charge >= 0.3 is 11.9 Å². The van der Waals surface area contributed by atoms with E-state index in [2.05, 4.69) is 15.4 Å². The van der Waals surface area contributed by atoms with E-state index in [0.717, 1.165) is 23.1 Å². The molecule has 1 aliphatic rings. The number of aryl methyl sites for hydroxylation is 1. The van der Waals surface area contributed by atoms with Crippen molar-refractivity contribution in [2.45, 2.75) is 59.1 Å². The van der Waals surface area contributed by atoms with Gasteiger partial charge in [-0.25, -0.2) is 19.1 Å². The Kier molecular flexibility index (Phi) is 5.43. The van der Waals surface area contributed by atoms with Crippen LogP contribution in [-0.4, -0.2) is 43.2 Å². The molecule has 0 fully saturated rings. The number of esters is 1. The maximum atomic E-state index is 13.2. The molecular weight excluding hydrogens is 424 g/mol. The average molecular weight is 450 g/mol. The predicted octanol–water partition coefficient (Wildman–Crippen LogP) is 3.42. The molecule has 0 spiro atoms. The van der Waals surface area contributed by atoms with Gasteiger partial charge in [-0.2, -0.15) is 5.10 Å². The van der Waals surface area contributed by atoms with Crippen molar-refractivity contribution in [1.29, 1.82) is 0 Å². The van der Waals surface area contributed by atoms with E-state index < -0.39 is 11.6 Å². The maximum absolute atomic E-state index is 13.2. The Morgan fingerprint density at radius 3 is 2.58 bits per heavy atom. The summed E-state index contributed by atoms with van der Waals surface area (Å²) in [6.45, 7) is 9.08. The van der Waals surface area contributed by atoms with Crippen LogP contribution >= 0.6 is 0 Å². The van der Waals surface area contributed by atoms with Gasteiger partial charge < -0.3 is 15.2 Å². The molecule has 4 rings (SSSR count). The first kappa shape index (κ1) is 22.4. The van der Waals surface area contributed by atoms with Crippen LogP contribution in [0.15, 0.2) is 24.4 Å². The van der Waals surface area contributed by atoms with E-state index in [1.165, 1.54) is 10.7 Å². The van der Waals surface area contributed by atoms with Gasteiger partial charge in [-0.1, -0.05) is 6.07 Å². The van der Waals surface area contributed by atoms with Gasteiger partial charge in [0.1, 0.15) is 16.9 Å². The van der Waals surface area contributed by atoms with Crippen LogP contribution in [0.5, 0.6) is 0 Å². The summed E-state index contributed by atoms with van der Waals surface area (Å²) >= 11 is 0. The number of amides is 1. The van der Waals surface area contributed by atoms with Crippen molar-refractivity contribution in [3.05, 3.63) is 63.6 Å². The summed E-state index contributed by atoms with van der Waals surface area (Å²) in [5.41, 5.74) is 3.58. The molecule has 1 aliphatic carbocycles. The van der Waals surface area contributed by atoms with Gasteiger partial charge in [0, 0.05) is 5.69 Å². The molecule has 1 aromatic carbocycles. The molecule has 0 bridgehead atoms. The molecule has 0 saturated carbocycles. The monoisotopic (exact) mass is 450 g/mol. The van der Waals surface area contributed by atoms with Gasteiger partial charge in [-0.05, 0) is 76.3 Å². The average Bonchev–Trinajstić information content (AvgIpc) is 3.31. The zero-order chi connectivity index (χ0) is 24.1. The van der Waals surface area contributed by atoms with Gasteiger partial charge in [-0.15, -0.1) is 0 Å². The standard InChI is InChI=1S/C24H26N4O5/c1-12-10-19(28-20(26-12)17(11-25-28)22(30)31)21(29)27-18-9-8-14-13(2)15(6-7-16(14)18)23(32)33-24(3,4)5/h6-7,10-11,18H,8-9H2,1-5H3,(H,27,29)(H,30,31). The molecule has 1 unspecified atom stereocenters. The number of nitrogens with zero attached hydrogens (tertiary/aromatic N) is 3. The van der Waals surface area contributed by atoms with Gasteiger partial charge in [-0.3, -0.25) is 4.79 Å². The third kappa shape index (κ3) is 4.18. The van der Waals surface area contributed by atoms with E-state index in [4.69, 9.17) is 4.74 Å². The van der Waals surface area contributed by atoms with E-state index in [0.29, 0.717) is 17.7 Å². The summed E-state index contributed by atoms with van der Waals surface area (Å²) in [6.07, 6.45) is 2.60. The highest BCUT2D eigenvalue weighted by Crippen LogP contribution is 2.35. The molecule has 2 heterocycles. The molecule has 33 heavy (non-hydrogen) atoms. The number of rotatable bonds is 4. The third-order valence-corrected chi connectivity index (χ3v) is 5.68. The van der Waals surface area contributed by atoms with Crippen molar-refractivity contribution >= 4 is 23.5 Å². The zero-order valence-corrected chi connectivity index (χ0v) is 19.2. The minimum Gasteiger partial charge on any atom is -0.477 e. The summed E-state index contributed by atoms with van der Waals surface area (Å²) in [7, 11) is 0. The van der Waals surface area contributed by atoms with Crippen LogP contribution in [-0.2, 0) is 11.2 Å². The number of hydrogen-bond donors (Lipinski definition) is 2. The fourth-order valence-corrected chi connectivity index (χ4v) is 4.21. The zero-order valence-electron chi connectivity index (χ0n) is 19.2. The predicted molar refractivity (Wildman–Crippen MR) is 120 cm³/mol. The van der Waals surface area contributed by atoms with Crippen molar-refractivity contribution in [3.8, 4) is 0 Å². The number of hydrogen-bond acceptors (Lipinski definition) is 6. The molecule has 9 heteroatoms. The van der Waals surface area contributed by atoms with E-state index in [9.17, 15) is 19.5 Å². The molecule has 2 aromatic heterocycles. The smallest absolute Gasteiger partial charge is 0.341 e. The Hall–Kier alpha value is -3.75. The SMILES string of the molecule is Cc1cc(C(=O)NC2CCc3c2ccc(C(=O)OC(C)(C)C)c3C)n2ncc(C(=O)O)c2n1. The van der Waals surface area contributed by atoms with E-state index >= 15 is 0 Å². The topological polar surface area (TPSA) is 123 Å². The minimum atomic E-state index is -1.16. The van der Waals surface area contributed by atoms with Crippen LogP contribution in [0.4, 0.5) is 0 Å². The number of carbonyl (C=O) groups is 3. The lowest BCUT2D eigenvalue weighted by Gasteiger charge is -2.21. The van der Waals surface area contributed by atoms with Gasteiger partial charge in [0.2, 0.25) is 0 Å². The number of aromatic carboxylic acids is 1. The highest BCUT2D eigenvalue weighted by molar-refractivity contribution is 5.97. The first-order valence-electron chi connectivity index (χ1n) is 10.7. The lowest BCUT2D eigenvalue weighted by molar-refractivity contribution is 0.00682. The molecule has 2 N–H and O–H groups in total. The van der Waals surface area contributed by atoms with Crippen molar-refractivity contribution in [3.63, 3.8) is 0 Å². The molecule has 0 aliphatic heterocycles. The van der Waals surface area contributed by atoms with Crippen LogP contribution in [0.3, 0.4) is 0 Å². The van der Waals surface area contributed by atoms with E-state index in [1.807, 2.05) is 33.8 Å². The second-order valence-corrected chi connectivity index (χ2v) is 9.25. The largest absolute Gasteiger partial charge is 0.477 e. The summed E-state index contributed by atoms with van der Waals surface area (Å²) in [5, 5.41) is 16.4. The van der Waals surface area contributed by atoms with Crippen LogP contribution in [0, 0.1) is 13.8 Å². The summed E-state index contributed by atoms with van der Waals surface area (Å²) in [6, 6.07) is 4.95. The van der Waals surface area contributed by atoms with E-state index in [-0.39, 0.29) is 34.8 Å². The molecule has 9 nitrogen and oxygen atoms in total. The Labute approximate surface area is 190 Å². The molecule has 172 valence electrons. The fraction of sp³-hybridized carbons (Fsp3) is 0.375. The van der Waals surface area contributed by atoms with Crippen molar-refractivity contribution in [2.24, 2.45) is 0 Å². The van der Waals surface area contributed by atoms with Gasteiger partial charge in [0.25, 0.3) is 5.91 Å². The number of carboxylic acid groups (broad SMARTS) is 1. The third-order valence-electron chi connectivity index (χ3n) is 5.68. The van der Waals surface area contributed by atoms with E-state index in [1.54, 1.807) is 19.1 Å². The molecule has 0 saturated heterocycles. The van der Waals surface area contributed by atoms with Crippen molar-refractivity contribution in [2.75, 3.05) is 0 Å². The highest BCUT2D eigenvalue weighted by Gasteiger charge is 2.30. The molecule has 0 radical (unpaired) electrons. The Balaban J connectivity index is 1.62. The first-order valence-corrected chi connectivity index (χ1v) is 10.7. The Morgan fingerprint density at radius 1 is 1.18 bits per heavy atom. The quantitative estimate of drug-likeness (QED) is 0.584. The summed E-state index contributed by atoms with van der Waals surface area (Å²) in [4.78, 5) is 41.4. The minimum absolute atomic E-state index is 0.0655. The van der Waals surface area contributed by atoms with Gasteiger partial charge in [0.15, 0.2) is 5.65 Å². The Bertz CT molecular complexity index is 1300. The fourth-order valence-electron chi connectivity index (χ4n) is 4.21. The number of nitrogens with one attached hydrogen (secondary N) is 1. The van der Waals surface area contributed by atoms with Crippen molar-refractivity contribution in [1.82, 2.24) is 19.9 Å². The lowest BCUT2D eigenvalue weighted by Crippen LogP contribution is -2.29. The van der Waals surface area contributed by atoms with Crippen LogP contribution in [0.25, 0.3) is 5.65 Å². The van der Waals surface area contributed by atoms with Crippen LogP contribution in [0.2, 0.25) is 0 Å². The summed E-state index contributed by atoms with van der Waals surface area (Å²) < 4.78 is 6.77. The molecule has 1 amide bonds. The molecule has 1 atom stereocenters. The maximum Gasteiger partial charge on any atom is 0.341 e. The molecule has 3 aromatic rings. The van der Waals surface area contributed by atoms with Crippen molar-refractivity contribution < 1.29 is 24.2 Å². The summed E-state index contributed by atoms with van der Waals surface area (Å²) in [5.74, 6) is -1.90. The number of aromatic nitrogens is 3. The normalized spacial score (nSPS) is 15.4. The number of ether oxygens (including phenoxy) is 1. The van der Waals surface area contributed by atoms with Crippen LogP contribution < -0.4 is 5.32 Å². The number of carboxylic acids is 1. The molecular formula is C24H26N4O5.